The zero-order chi connectivity index (χ0) is 33.9. The highest BCUT2D eigenvalue weighted by atomic mass is 16.3. The molecule has 3 aromatic heterocycles. The number of fused-ring (bicyclic) bond motifs is 1. The topological polar surface area (TPSA) is 26.2 Å². The normalized spacial score (nSPS) is 12.2. The number of furan rings is 1. The molecular formula is C48H29N3O. The molecule has 12 rings (SSSR count). The molecule has 0 unspecified atom stereocenters. The third kappa shape index (κ3) is 3.60. The molecule has 0 spiro atoms. The molecule has 0 N–H and O–H groups in total. The highest BCUT2D eigenvalue weighted by molar-refractivity contribution is 6.42. The van der Waals surface area contributed by atoms with Gasteiger partial charge in [-0.3, -0.25) is 0 Å². The van der Waals surface area contributed by atoms with Gasteiger partial charge in [0.25, 0.3) is 0 Å². The molecule has 52 heavy (non-hydrogen) atoms. The Morgan fingerprint density at radius 2 is 0.769 bits per heavy atom. The quantitative estimate of drug-likeness (QED) is 0.183. The summed E-state index contributed by atoms with van der Waals surface area (Å²) in [5.41, 5.74) is 12.2. The van der Waals surface area contributed by atoms with Crippen LogP contribution in [0.1, 0.15) is 0 Å². The second-order valence-corrected chi connectivity index (χ2v) is 13.7. The van der Waals surface area contributed by atoms with Crippen molar-refractivity contribution in [3.8, 4) is 11.4 Å². The lowest BCUT2D eigenvalue weighted by Gasteiger charge is -2.25. The highest BCUT2D eigenvalue weighted by Gasteiger charge is 2.26. The van der Waals surface area contributed by atoms with Crippen LogP contribution in [0.3, 0.4) is 0 Å². The Bertz CT molecular complexity index is 3220. The van der Waals surface area contributed by atoms with Crippen LogP contribution in [0, 0.1) is 0 Å². The third-order valence-electron chi connectivity index (χ3n) is 11.0. The number of para-hydroxylation sites is 3. The Balaban J connectivity index is 1.21. The van der Waals surface area contributed by atoms with E-state index in [9.17, 15) is 0 Å². The molecule has 4 nitrogen and oxygen atoms in total. The fraction of sp³-hybridized carbons (Fsp3) is 0. The second kappa shape index (κ2) is 10.3. The predicted octanol–water partition coefficient (Wildman–Crippen LogP) is 13.3. The van der Waals surface area contributed by atoms with Crippen LogP contribution >= 0.6 is 0 Å². The van der Waals surface area contributed by atoms with Crippen LogP contribution in [0.25, 0.3) is 87.7 Å². The Hall–Kier alpha value is -7.04. The number of benzene rings is 8. The fourth-order valence-electron chi connectivity index (χ4n) is 8.98. The summed E-state index contributed by atoms with van der Waals surface area (Å²) >= 11 is 0. The van der Waals surface area contributed by atoms with Crippen LogP contribution in [0.5, 0.6) is 0 Å². The van der Waals surface area contributed by atoms with E-state index in [4.69, 9.17) is 4.42 Å². The maximum Gasteiger partial charge on any atom is 0.136 e. The Morgan fingerprint density at radius 3 is 1.42 bits per heavy atom. The van der Waals surface area contributed by atoms with Gasteiger partial charge in [0.2, 0.25) is 0 Å². The minimum Gasteiger partial charge on any atom is -0.456 e. The minimum atomic E-state index is 0.917. The zero-order valence-electron chi connectivity index (χ0n) is 28.0. The molecule has 9 aromatic carbocycles. The van der Waals surface area contributed by atoms with Crippen molar-refractivity contribution < 1.29 is 4.42 Å². The van der Waals surface area contributed by atoms with E-state index in [1.54, 1.807) is 0 Å². The van der Waals surface area contributed by atoms with E-state index in [1.807, 2.05) is 0 Å². The van der Waals surface area contributed by atoms with Gasteiger partial charge in [-0.05, 0) is 108 Å². The first-order chi connectivity index (χ1) is 25.8. The first-order valence-electron chi connectivity index (χ1n) is 17.8. The summed E-state index contributed by atoms with van der Waals surface area (Å²) in [5, 5.41) is 9.88. The Labute approximate surface area is 298 Å². The van der Waals surface area contributed by atoms with Crippen molar-refractivity contribution >= 4 is 93.4 Å². The molecule has 0 aliphatic carbocycles. The van der Waals surface area contributed by atoms with Crippen LogP contribution in [-0.2, 0) is 0 Å². The van der Waals surface area contributed by atoms with Gasteiger partial charge in [-0.15, -0.1) is 0 Å². The number of hydrogen-bond donors (Lipinski definition) is 0. The smallest absolute Gasteiger partial charge is 0.136 e. The van der Waals surface area contributed by atoms with E-state index in [0.717, 1.165) is 39.6 Å². The Kier molecular flexibility index (Phi) is 5.47. The summed E-state index contributed by atoms with van der Waals surface area (Å²) < 4.78 is 11.5. The van der Waals surface area contributed by atoms with Crippen LogP contribution in [0.2, 0.25) is 0 Å². The van der Waals surface area contributed by atoms with Crippen molar-refractivity contribution in [1.29, 1.82) is 0 Å². The van der Waals surface area contributed by atoms with Gasteiger partial charge in [0.15, 0.2) is 0 Å². The lowest BCUT2D eigenvalue weighted by Crippen LogP contribution is -2.09. The van der Waals surface area contributed by atoms with Crippen molar-refractivity contribution in [2.75, 3.05) is 4.90 Å². The predicted molar refractivity (Wildman–Crippen MR) is 217 cm³/mol. The van der Waals surface area contributed by atoms with Gasteiger partial charge in [-0.25, -0.2) is 0 Å². The SMILES string of the molecule is c1ccc(N(c2ccccc2)c2ccc(-n3c4ccc5oc6cccc7c8cccc9c8c8c(c4c5c67)c3ccc8n9-c3ccccc3)cc2)cc1. The molecule has 0 atom stereocenters. The molecule has 4 heteroatoms. The molecule has 0 bridgehead atoms. The van der Waals surface area contributed by atoms with Gasteiger partial charge >= 0.3 is 0 Å². The molecule has 0 saturated heterocycles. The van der Waals surface area contributed by atoms with Crippen LogP contribution in [0.15, 0.2) is 180 Å². The molecule has 0 fully saturated rings. The van der Waals surface area contributed by atoms with Crippen molar-refractivity contribution in [2.24, 2.45) is 0 Å². The molecule has 0 saturated carbocycles. The standard InChI is InChI=1S/C48H29N3O/c1-4-12-30(13-5-1)49(31-14-6-2-7-15-31)33-22-24-34(25-23-33)51-39-27-26-38-45-43-35(18-10-20-37(43)50(38)32-16-8-3-9-17-32)36-19-11-21-41-44(36)48-42(52-41)29-28-40(51)47(48)46(39)45/h1-29H. The number of anilines is 3. The number of aromatic nitrogens is 2. The lowest BCUT2D eigenvalue weighted by molar-refractivity contribution is 0.669. The van der Waals surface area contributed by atoms with Crippen molar-refractivity contribution in [1.82, 2.24) is 9.13 Å². The average Bonchev–Trinajstić information content (AvgIpc) is 3.86. The van der Waals surface area contributed by atoms with Gasteiger partial charge in [0.1, 0.15) is 11.2 Å². The highest BCUT2D eigenvalue weighted by Crippen LogP contribution is 2.50. The third-order valence-corrected chi connectivity index (χ3v) is 11.0. The van der Waals surface area contributed by atoms with Crippen LogP contribution in [-0.4, -0.2) is 9.13 Å². The largest absolute Gasteiger partial charge is 0.456 e. The zero-order valence-corrected chi connectivity index (χ0v) is 28.0. The molecule has 0 aliphatic heterocycles. The van der Waals surface area contributed by atoms with E-state index >= 15 is 0 Å². The van der Waals surface area contributed by atoms with E-state index in [-0.39, 0.29) is 0 Å². The average molecular weight is 664 g/mol. The van der Waals surface area contributed by atoms with E-state index < -0.39 is 0 Å². The van der Waals surface area contributed by atoms with Gasteiger partial charge in [-0.2, -0.15) is 0 Å². The fourth-order valence-corrected chi connectivity index (χ4v) is 8.98. The first kappa shape index (κ1) is 27.7. The minimum absolute atomic E-state index is 0.917. The monoisotopic (exact) mass is 663 g/mol. The van der Waals surface area contributed by atoms with Crippen molar-refractivity contribution in [3.05, 3.63) is 176 Å². The lowest BCUT2D eigenvalue weighted by atomic mass is 9.95. The number of hydrogen-bond acceptors (Lipinski definition) is 2. The van der Waals surface area contributed by atoms with Crippen LogP contribution in [0.4, 0.5) is 17.1 Å². The van der Waals surface area contributed by atoms with Gasteiger partial charge in [0.05, 0.1) is 22.1 Å². The molecule has 0 amide bonds. The van der Waals surface area contributed by atoms with Crippen molar-refractivity contribution in [2.45, 2.75) is 0 Å². The van der Waals surface area contributed by atoms with E-state index in [2.05, 4.69) is 190 Å². The molecule has 3 heterocycles. The molecule has 0 radical (unpaired) electrons. The summed E-state index contributed by atoms with van der Waals surface area (Å²) in [4.78, 5) is 2.31. The van der Waals surface area contributed by atoms with E-state index in [1.165, 1.54) is 65.2 Å². The number of rotatable bonds is 5. The number of nitrogens with zero attached hydrogens (tertiary/aromatic N) is 3. The second-order valence-electron chi connectivity index (χ2n) is 13.7. The maximum atomic E-state index is 6.64. The van der Waals surface area contributed by atoms with Gasteiger partial charge < -0.3 is 18.5 Å². The summed E-state index contributed by atoms with van der Waals surface area (Å²) in [6, 6.07) is 63.2. The van der Waals surface area contributed by atoms with E-state index in [0.29, 0.717) is 0 Å². The van der Waals surface area contributed by atoms with Gasteiger partial charge in [-0.1, -0.05) is 78.9 Å². The maximum absolute atomic E-state index is 6.64. The summed E-state index contributed by atoms with van der Waals surface area (Å²) in [7, 11) is 0. The molecular weight excluding hydrogens is 635 g/mol. The van der Waals surface area contributed by atoms with Crippen molar-refractivity contribution in [3.63, 3.8) is 0 Å². The molecule has 0 aliphatic rings. The summed E-state index contributed by atoms with van der Waals surface area (Å²) in [6.07, 6.45) is 0. The Morgan fingerprint density at radius 1 is 0.308 bits per heavy atom. The molecule has 242 valence electrons. The summed E-state index contributed by atoms with van der Waals surface area (Å²) in [5.74, 6) is 0. The first-order valence-corrected chi connectivity index (χ1v) is 17.8. The van der Waals surface area contributed by atoms with Crippen LogP contribution < -0.4 is 4.90 Å². The molecule has 12 aromatic rings. The summed E-state index contributed by atoms with van der Waals surface area (Å²) in [6.45, 7) is 0. The van der Waals surface area contributed by atoms with Gasteiger partial charge in [0, 0.05) is 60.8 Å².